The number of aliphatic hydroxyl groups excluding tert-OH is 1. The molecule has 0 radical (unpaired) electrons. The van der Waals surface area contributed by atoms with E-state index >= 15 is 0 Å². The topological polar surface area (TPSA) is 46.2 Å². The molecule has 1 rings (SSSR count). The van der Waals surface area contributed by atoms with E-state index in [0.29, 0.717) is 6.42 Å². The van der Waals surface area contributed by atoms with Gasteiger partial charge in [0.1, 0.15) is 0 Å². The maximum atomic E-state index is 9.19. The van der Waals surface area contributed by atoms with Gasteiger partial charge in [-0.3, -0.25) is 0 Å². The van der Waals surface area contributed by atoms with Crippen LogP contribution in [0.4, 0.5) is 0 Å². The summed E-state index contributed by atoms with van der Waals surface area (Å²) in [5.41, 5.74) is 8.60. The minimum absolute atomic E-state index is 0.170. The van der Waals surface area contributed by atoms with Crippen LogP contribution in [0.3, 0.4) is 0 Å². The van der Waals surface area contributed by atoms with Gasteiger partial charge in [0.05, 0.1) is 0 Å². The molecule has 0 spiro atoms. The number of hydrogen-bond acceptors (Lipinski definition) is 2. The molecule has 1 aromatic carbocycles. The van der Waals surface area contributed by atoms with Gasteiger partial charge in [0.15, 0.2) is 0 Å². The molecule has 1 atom stereocenters. The van der Waals surface area contributed by atoms with E-state index in [0.717, 1.165) is 0 Å². The normalized spacial score (nSPS) is 14.6. The largest absolute Gasteiger partial charge is 0.396 e. The zero-order chi connectivity index (χ0) is 14.0. The molecule has 0 aliphatic rings. The van der Waals surface area contributed by atoms with Crippen LogP contribution in [0.1, 0.15) is 58.1 Å². The first-order chi connectivity index (χ1) is 8.16. The van der Waals surface area contributed by atoms with Gasteiger partial charge in [0, 0.05) is 18.1 Å². The van der Waals surface area contributed by atoms with Crippen LogP contribution in [-0.4, -0.2) is 17.3 Å². The van der Waals surface area contributed by atoms with Gasteiger partial charge < -0.3 is 10.8 Å². The van der Waals surface area contributed by atoms with Crippen molar-refractivity contribution in [2.75, 3.05) is 6.61 Å². The van der Waals surface area contributed by atoms with Gasteiger partial charge in [0.2, 0.25) is 0 Å². The fraction of sp³-hybridized carbons (Fsp3) is 0.625. The van der Waals surface area contributed by atoms with E-state index < -0.39 is 0 Å². The predicted molar refractivity (Wildman–Crippen MR) is 77.9 cm³/mol. The van der Waals surface area contributed by atoms with Gasteiger partial charge in [-0.25, -0.2) is 0 Å². The SMILES string of the molecule is CC(C)(C)c1ccc(C(CCO)C(C)(C)N)cc1. The molecule has 0 fully saturated rings. The number of aliphatic hydroxyl groups is 1. The standard InChI is InChI=1S/C16H27NO/c1-15(2,3)13-8-6-12(7-9-13)14(10-11-18)16(4,5)17/h6-9,14,18H,10-11,17H2,1-5H3. The molecule has 0 saturated heterocycles. The number of hydrogen-bond donors (Lipinski definition) is 2. The average molecular weight is 249 g/mol. The van der Waals surface area contributed by atoms with Crippen molar-refractivity contribution in [1.82, 2.24) is 0 Å². The molecule has 0 amide bonds. The quantitative estimate of drug-likeness (QED) is 0.861. The first-order valence-electron chi connectivity index (χ1n) is 6.66. The third kappa shape index (κ3) is 3.82. The molecular weight excluding hydrogens is 222 g/mol. The first-order valence-corrected chi connectivity index (χ1v) is 6.66. The molecule has 1 aromatic rings. The van der Waals surface area contributed by atoms with Crippen molar-refractivity contribution in [3.8, 4) is 0 Å². The molecule has 0 aliphatic heterocycles. The van der Waals surface area contributed by atoms with E-state index in [-0.39, 0.29) is 23.5 Å². The molecular formula is C16H27NO. The van der Waals surface area contributed by atoms with Gasteiger partial charge >= 0.3 is 0 Å². The zero-order valence-corrected chi connectivity index (χ0v) is 12.3. The van der Waals surface area contributed by atoms with Gasteiger partial charge in [-0.2, -0.15) is 0 Å². The second kappa shape index (κ2) is 5.41. The van der Waals surface area contributed by atoms with Crippen LogP contribution in [0.2, 0.25) is 0 Å². The van der Waals surface area contributed by atoms with Crippen LogP contribution in [-0.2, 0) is 5.41 Å². The fourth-order valence-corrected chi connectivity index (χ4v) is 2.31. The van der Waals surface area contributed by atoms with E-state index in [1.807, 2.05) is 13.8 Å². The number of nitrogens with two attached hydrogens (primary N) is 1. The summed E-state index contributed by atoms with van der Waals surface area (Å²) < 4.78 is 0. The second-order valence-electron chi connectivity index (χ2n) is 6.76. The molecule has 0 saturated carbocycles. The molecule has 1 unspecified atom stereocenters. The Morgan fingerprint density at radius 2 is 1.56 bits per heavy atom. The summed E-state index contributed by atoms with van der Waals surface area (Å²) >= 11 is 0. The molecule has 3 N–H and O–H groups in total. The summed E-state index contributed by atoms with van der Waals surface area (Å²) in [6, 6.07) is 8.64. The van der Waals surface area contributed by atoms with E-state index in [4.69, 9.17) is 5.73 Å². The maximum Gasteiger partial charge on any atom is 0.0437 e. The minimum Gasteiger partial charge on any atom is -0.396 e. The van der Waals surface area contributed by atoms with Crippen molar-refractivity contribution in [2.24, 2.45) is 5.73 Å². The Labute approximate surface area is 111 Å². The van der Waals surface area contributed by atoms with Gasteiger partial charge in [-0.15, -0.1) is 0 Å². The lowest BCUT2D eigenvalue weighted by Crippen LogP contribution is -2.39. The molecule has 0 aromatic heterocycles. The third-order valence-corrected chi connectivity index (χ3v) is 3.49. The lowest BCUT2D eigenvalue weighted by atomic mass is 9.79. The Morgan fingerprint density at radius 1 is 1.06 bits per heavy atom. The van der Waals surface area contributed by atoms with Crippen LogP contribution < -0.4 is 5.73 Å². The second-order valence-corrected chi connectivity index (χ2v) is 6.76. The van der Waals surface area contributed by atoms with Crippen molar-refractivity contribution >= 4 is 0 Å². The summed E-state index contributed by atoms with van der Waals surface area (Å²) in [5.74, 6) is 0.191. The van der Waals surface area contributed by atoms with E-state index in [2.05, 4.69) is 45.0 Å². The monoisotopic (exact) mass is 249 g/mol. The Morgan fingerprint density at radius 3 is 1.89 bits per heavy atom. The maximum absolute atomic E-state index is 9.19. The average Bonchev–Trinajstić information content (AvgIpc) is 2.23. The lowest BCUT2D eigenvalue weighted by Gasteiger charge is -2.31. The highest BCUT2D eigenvalue weighted by Crippen LogP contribution is 2.31. The highest BCUT2D eigenvalue weighted by molar-refractivity contribution is 5.31. The van der Waals surface area contributed by atoms with E-state index in [9.17, 15) is 5.11 Å². The predicted octanol–water partition coefficient (Wildman–Crippen LogP) is 3.19. The van der Waals surface area contributed by atoms with Crippen LogP contribution in [0.15, 0.2) is 24.3 Å². The first kappa shape index (κ1) is 15.2. The third-order valence-electron chi connectivity index (χ3n) is 3.49. The van der Waals surface area contributed by atoms with Crippen molar-refractivity contribution < 1.29 is 5.11 Å². The van der Waals surface area contributed by atoms with Crippen molar-refractivity contribution in [3.05, 3.63) is 35.4 Å². The van der Waals surface area contributed by atoms with Crippen LogP contribution in [0.25, 0.3) is 0 Å². The molecule has 18 heavy (non-hydrogen) atoms. The Hall–Kier alpha value is -0.860. The summed E-state index contributed by atoms with van der Waals surface area (Å²) in [4.78, 5) is 0. The van der Waals surface area contributed by atoms with Crippen LogP contribution in [0, 0.1) is 0 Å². The molecule has 102 valence electrons. The zero-order valence-electron chi connectivity index (χ0n) is 12.3. The number of rotatable bonds is 4. The van der Waals surface area contributed by atoms with Crippen molar-refractivity contribution in [3.63, 3.8) is 0 Å². The van der Waals surface area contributed by atoms with Crippen molar-refractivity contribution in [2.45, 2.75) is 57.9 Å². The molecule has 2 nitrogen and oxygen atoms in total. The molecule has 2 heteroatoms. The fourth-order valence-electron chi connectivity index (χ4n) is 2.31. The molecule has 0 heterocycles. The van der Waals surface area contributed by atoms with Gasteiger partial charge in [-0.1, -0.05) is 45.0 Å². The molecule has 0 bridgehead atoms. The summed E-state index contributed by atoms with van der Waals surface area (Å²) in [6.45, 7) is 10.8. The highest BCUT2D eigenvalue weighted by atomic mass is 16.3. The summed E-state index contributed by atoms with van der Waals surface area (Å²) in [6.07, 6.45) is 0.707. The Bertz CT molecular complexity index is 368. The van der Waals surface area contributed by atoms with Crippen LogP contribution >= 0.6 is 0 Å². The molecule has 0 aliphatic carbocycles. The van der Waals surface area contributed by atoms with Crippen LogP contribution in [0.5, 0.6) is 0 Å². The van der Waals surface area contributed by atoms with Gasteiger partial charge in [0.25, 0.3) is 0 Å². The number of benzene rings is 1. The summed E-state index contributed by atoms with van der Waals surface area (Å²) in [5, 5.41) is 9.19. The van der Waals surface area contributed by atoms with E-state index in [1.54, 1.807) is 0 Å². The van der Waals surface area contributed by atoms with E-state index in [1.165, 1.54) is 11.1 Å². The lowest BCUT2D eigenvalue weighted by molar-refractivity contribution is 0.250. The Balaban J connectivity index is 3.02. The minimum atomic E-state index is -0.314. The van der Waals surface area contributed by atoms with Gasteiger partial charge in [-0.05, 0) is 36.8 Å². The highest BCUT2D eigenvalue weighted by Gasteiger charge is 2.26. The summed E-state index contributed by atoms with van der Waals surface area (Å²) in [7, 11) is 0. The smallest absolute Gasteiger partial charge is 0.0437 e. The van der Waals surface area contributed by atoms with Crippen molar-refractivity contribution in [1.29, 1.82) is 0 Å². The Kier molecular flexibility index (Phi) is 4.57.